The highest BCUT2D eigenvalue weighted by atomic mass is 35.5. The van der Waals surface area contributed by atoms with Gasteiger partial charge in [-0.2, -0.15) is 0 Å². The molecule has 114 valence electrons. The minimum atomic E-state index is -0.753. The van der Waals surface area contributed by atoms with E-state index in [1.54, 1.807) is 12.1 Å². The maximum absolute atomic E-state index is 11.7. The molecular formula is C14H10Cl2N2O4. The van der Waals surface area contributed by atoms with Crippen LogP contribution in [0.5, 0.6) is 0 Å². The topological polar surface area (TPSA) is 81.5 Å². The molecule has 0 atom stereocenters. The van der Waals surface area contributed by atoms with Crippen LogP contribution in [-0.2, 0) is 11.3 Å². The van der Waals surface area contributed by atoms with Gasteiger partial charge in [-0.3, -0.25) is 15.4 Å². The number of anilines is 1. The van der Waals surface area contributed by atoms with E-state index in [0.717, 1.165) is 0 Å². The smallest absolute Gasteiger partial charge is 0.411 e. The molecular weight excluding hydrogens is 331 g/mol. The molecule has 1 amide bonds. The lowest BCUT2D eigenvalue weighted by molar-refractivity contribution is -0.385. The molecule has 0 aliphatic heterocycles. The van der Waals surface area contributed by atoms with Crippen molar-refractivity contribution in [2.24, 2.45) is 0 Å². The Hall–Kier alpha value is -2.31. The summed E-state index contributed by atoms with van der Waals surface area (Å²) in [5.74, 6) is 0. The lowest BCUT2D eigenvalue weighted by Crippen LogP contribution is -2.14. The molecule has 0 unspecified atom stereocenters. The number of ether oxygens (including phenoxy) is 1. The number of nitrogens with zero attached hydrogens (tertiary/aromatic N) is 1. The second-order valence-corrected chi connectivity index (χ2v) is 5.03. The summed E-state index contributed by atoms with van der Waals surface area (Å²) < 4.78 is 4.96. The zero-order valence-electron chi connectivity index (χ0n) is 11.1. The molecule has 0 heterocycles. The standard InChI is InChI=1S/C14H10Cl2N2O4/c15-11-6-5-10(7-12(11)16)17-14(19)22-8-9-3-1-2-4-13(9)18(20)21/h1-7H,8H2,(H,17,19). The van der Waals surface area contributed by atoms with Crippen molar-refractivity contribution >= 4 is 40.7 Å². The number of rotatable bonds is 4. The minimum absolute atomic E-state index is 0.107. The summed E-state index contributed by atoms with van der Waals surface area (Å²) in [6.07, 6.45) is -0.753. The fraction of sp³-hybridized carbons (Fsp3) is 0.0714. The zero-order valence-corrected chi connectivity index (χ0v) is 12.6. The van der Waals surface area contributed by atoms with Crippen molar-refractivity contribution in [1.29, 1.82) is 0 Å². The number of para-hydroxylation sites is 1. The Kier molecular flexibility index (Phi) is 5.19. The molecule has 0 aliphatic rings. The van der Waals surface area contributed by atoms with Gasteiger partial charge in [0.05, 0.1) is 20.5 Å². The molecule has 6 nitrogen and oxygen atoms in total. The Labute approximate surface area is 135 Å². The molecule has 2 rings (SSSR count). The van der Waals surface area contributed by atoms with Gasteiger partial charge < -0.3 is 4.74 Å². The van der Waals surface area contributed by atoms with Crippen LogP contribution in [0.15, 0.2) is 42.5 Å². The fourth-order valence-corrected chi connectivity index (χ4v) is 1.98. The van der Waals surface area contributed by atoms with E-state index in [9.17, 15) is 14.9 Å². The predicted molar refractivity (Wildman–Crippen MR) is 83.4 cm³/mol. The van der Waals surface area contributed by atoms with Crippen LogP contribution in [0.1, 0.15) is 5.56 Å². The molecule has 0 bridgehead atoms. The van der Waals surface area contributed by atoms with E-state index in [2.05, 4.69) is 5.32 Å². The largest absolute Gasteiger partial charge is 0.444 e. The number of nitro groups is 1. The molecule has 0 aromatic heterocycles. The lowest BCUT2D eigenvalue weighted by Gasteiger charge is -2.08. The van der Waals surface area contributed by atoms with Crippen LogP contribution < -0.4 is 5.32 Å². The van der Waals surface area contributed by atoms with Crippen molar-refractivity contribution in [2.75, 3.05) is 5.32 Å². The number of nitro benzene ring substituents is 1. The maximum Gasteiger partial charge on any atom is 0.411 e. The van der Waals surface area contributed by atoms with E-state index < -0.39 is 11.0 Å². The van der Waals surface area contributed by atoms with Crippen LogP contribution in [0.4, 0.5) is 16.2 Å². The summed E-state index contributed by atoms with van der Waals surface area (Å²) in [6, 6.07) is 10.6. The number of nitrogens with one attached hydrogen (secondary N) is 1. The monoisotopic (exact) mass is 340 g/mol. The molecule has 0 fully saturated rings. The van der Waals surface area contributed by atoms with E-state index in [-0.39, 0.29) is 17.3 Å². The molecule has 2 aromatic rings. The Morgan fingerprint density at radius 3 is 2.59 bits per heavy atom. The number of benzene rings is 2. The van der Waals surface area contributed by atoms with Crippen molar-refractivity contribution < 1.29 is 14.5 Å². The number of carbonyl (C=O) groups excluding carboxylic acids is 1. The molecule has 22 heavy (non-hydrogen) atoms. The van der Waals surface area contributed by atoms with Crippen molar-refractivity contribution in [2.45, 2.75) is 6.61 Å². The van der Waals surface area contributed by atoms with Gasteiger partial charge in [0.1, 0.15) is 6.61 Å². The summed E-state index contributed by atoms with van der Waals surface area (Å²) in [7, 11) is 0. The van der Waals surface area contributed by atoms with Gasteiger partial charge in [0, 0.05) is 11.8 Å². The average Bonchev–Trinajstić information content (AvgIpc) is 2.49. The van der Waals surface area contributed by atoms with Gasteiger partial charge in [-0.25, -0.2) is 4.79 Å². The number of hydrogen-bond acceptors (Lipinski definition) is 4. The number of carbonyl (C=O) groups is 1. The summed E-state index contributed by atoms with van der Waals surface area (Å²) in [5.41, 5.74) is 0.601. The van der Waals surface area contributed by atoms with Crippen LogP contribution in [0, 0.1) is 10.1 Å². The maximum atomic E-state index is 11.7. The highest BCUT2D eigenvalue weighted by Crippen LogP contribution is 2.25. The lowest BCUT2D eigenvalue weighted by atomic mass is 10.2. The SMILES string of the molecule is O=C(Nc1ccc(Cl)c(Cl)c1)OCc1ccccc1[N+](=O)[O-]. The Morgan fingerprint density at radius 1 is 1.18 bits per heavy atom. The highest BCUT2D eigenvalue weighted by Gasteiger charge is 2.14. The Bertz CT molecular complexity index is 722. The number of amides is 1. The highest BCUT2D eigenvalue weighted by molar-refractivity contribution is 6.42. The molecule has 0 spiro atoms. The Morgan fingerprint density at radius 2 is 1.91 bits per heavy atom. The third-order valence-corrected chi connectivity index (χ3v) is 3.45. The normalized spacial score (nSPS) is 10.1. The van der Waals surface area contributed by atoms with E-state index in [1.165, 1.54) is 30.3 Å². The molecule has 0 aliphatic carbocycles. The minimum Gasteiger partial charge on any atom is -0.444 e. The molecule has 8 heteroatoms. The van der Waals surface area contributed by atoms with Crippen LogP contribution >= 0.6 is 23.2 Å². The summed E-state index contributed by atoms with van der Waals surface area (Å²) >= 11 is 11.6. The first-order valence-corrected chi connectivity index (χ1v) is 6.84. The van der Waals surface area contributed by atoms with Gasteiger partial charge in [-0.1, -0.05) is 35.3 Å². The third kappa shape index (κ3) is 4.09. The van der Waals surface area contributed by atoms with E-state index in [0.29, 0.717) is 16.3 Å². The van der Waals surface area contributed by atoms with Gasteiger partial charge >= 0.3 is 6.09 Å². The molecule has 0 saturated heterocycles. The number of halogens is 2. The van der Waals surface area contributed by atoms with Gasteiger partial charge in [-0.05, 0) is 24.3 Å². The van der Waals surface area contributed by atoms with Crippen molar-refractivity contribution in [3.63, 3.8) is 0 Å². The second kappa shape index (κ2) is 7.11. The molecule has 0 saturated carbocycles. The van der Waals surface area contributed by atoms with Crippen molar-refractivity contribution in [1.82, 2.24) is 0 Å². The first kappa shape index (κ1) is 16.1. The van der Waals surface area contributed by atoms with E-state index in [1.807, 2.05) is 0 Å². The summed E-state index contributed by atoms with van der Waals surface area (Å²) in [6.45, 7) is -0.218. The van der Waals surface area contributed by atoms with Crippen LogP contribution in [0.3, 0.4) is 0 Å². The average molecular weight is 341 g/mol. The van der Waals surface area contributed by atoms with Gasteiger partial charge in [-0.15, -0.1) is 0 Å². The van der Waals surface area contributed by atoms with Crippen LogP contribution in [-0.4, -0.2) is 11.0 Å². The van der Waals surface area contributed by atoms with Gasteiger partial charge in [0.2, 0.25) is 0 Å². The van der Waals surface area contributed by atoms with Crippen molar-refractivity contribution in [3.8, 4) is 0 Å². The molecule has 1 N–H and O–H groups in total. The van der Waals surface area contributed by atoms with Crippen LogP contribution in [0.2, 0.25) is 10.0 Å². The van der Waals surface area contributed by atoms with Crippen molar-refractivity contribution in [3.05, 3.63) is 68.2 Å². The predicted octanol–water partition coefficient (Wildman–Crippen LogP) is 4.65. The second-order valence-electron chi connectivity index (χ2n) is 4.22. The summed E-state index contributed by atoms with van der Waals surface area (Å²) in [5, 5.41) is 14.0. The summed E-state index contributed by atoms with van der Waals surface area (Å²) in [4.78, 5) is 22.0. The van der Waals surface area contributed by atoms with E-state index >= 15 is 0 Å². The molecule has 2 aromatic carbocycles. The zero-order chi connectivity index (χ0) is 16.1. The quantitative estimate of drug-likeness (QED) is 0.648. The molecule has 0 radical (unpaired) electrons. The van der Waals surface area contributed by atoms with Gasteiger partial charge in [0.15, 0.2) is 0 Å². The van der Waals surface area contributed by atoms with E-state index in [4.69, 9.17) is 27.9 Å². The first-order chi connectivity index (χ1) is 10.5. The Balaban J connectivity index is 1.98. The fourth-order valence-electron chi connectivity index (χ4n) is 1.68. The van der Waals surface area contributed by atoms with Gasteiger partial charge in [0.25, 0.3) is 5.69 Å². The third-order valence-electron chi connectivity index (χ3n) is 2.71. The van der Waals surface area contributed by atoms with Crippen LogP contribution in [0.25, 0.3) is 0 Å². The number of hydrogen-bond donors (Lipinski definition) is 1. The first-order valence-electron chi connectivity index (χ1n) is 6.08.